The van der Waals surface area contributed by atoms with Crippen LogP contribution in [-0.4, -0.2) is 12.6 Å². The summed E-state index contributed by atoms with van der Waals surface area (Å²) < 4.78 is 0. The van der Waals surface area contributed by atoms with Crippen molar-refractivity contribution in [3.05, 3.63) is 0 Å². The molecule has 0 rings (SSSR count). The molecule has 1 heteroatoms. The third kappa shape index (κ3) is 10.2. The summed E-state index contributed by atoms with van der Waals surface area (Å²) >= 11 is 0. The van der Waals surface area contributed by atoms with Gasteiger partial charge >= 0.3 is 0 Å². The zero-order valence-electron chi connectivity index (χ0n) is 11.5. The van der Waals surface area contributed by atoms with E-state index in [9.17, 15) is 0 Å². The second kappa shape index (κ2) is 9.21. The summed E-state index contributed by atoms with van der Waals surface area (Å²) in [6.07, 6.45) is 6.94. The number of rotatable bonds is 9. The first-order valence-corrected chi connectivity index (χ1v) is 6.79. The van der Waals surface area contributed by atoms with Gasteiger partial charge in [0.25, 0.3) is 0 Å². The van der Waals surface area contributed by atoms with Crippen LogP contribution in [0.5, 0.6) is 0 Å². The molecule has 0 aliphatic heterocycles. The second-order valence-corrected chi connectivity index (χ2v) is 5.55. The number of nitrogens with one attached hydrogen (secondary N) is 1. The first-order valence-electron chi connectivity index (χ1n) is 6.79. The van der Waals surface area contributed by atoms with Gasteiger partial charge in [-0.1, -0.05) is 53.9 Å². The number of hydrogen-bond acceptors (Lipinski definition) is 1. The van der Waals surface area contributed by atoms with E-state index >= 15 is 0 Å². The fourth-order valence-corrected chi connectivity index (χ4v) is 2.06. The maximum atomic E-state index is 3.58. The molecular weight excluding hydrogens is 182 g/mol. The lowest BCUT2D eigenvalue weighted by molar-refractivity contribution is 0.346. The monoisotopic (exact) mass is 213 g/mol. The summed E-state index contributed by atoms with van der Waals surface area (Å²) in [5.74, 6) is 1.73. The molecule has 0 bridgehead atoms. The highest BCUT2D eigenvalue weighted by Crippen LogP contribution is 2.18. The Morgan fingerprint density at radius 3 is 2.13 bits per heavy atom. The molecule has 0 aromatic carbocycles. The molecule has 1 atom stereocenters. The van der Waals surface area contributed by atoms with Gasteiger partial charge in [0.15, 0.2) is 0 Å². The molecule has 0 saturated heterocycles. The van der Waals surface area contributed by atoms with E-state index in [0.29, 0.717) is 6.04 Å². The summed E-state index contributed by atoms with van der Waals surface area (Å²) in [7, 11) is 0. The van der Waals surface area contributed by atoms with E-state index in [1.165, 1.54) is 38.6 Å². The van der Waals surface area contributed by atoms with Crippen LogP contribution in [0.15, 0.2) is 0 Å². The first kappa shape index (κ1) is 15.0. The summed E-state index contributed by atoms with van der Waals surface area (Å²) in [5, 5.41) is 3.58. The summed E-state index contributed by atoms with van der Waals surface area (Å²) in [6, 6.07) is 0.630. The predicted molar refractivity (Wildman–Crippen MR) is 70.2 cm³/mol. The standard InChI is InChI=1S/C14H31N/c1-6-7-8-9-14(10-12(2)3)11-15-13(4)5/h12-15H,6-11H2,1-5H3. The van der Waals surface area contributed by atoms with Crippen LogP contribution >= 0.6 is 0 Å². The van der Waals surface area contributed by atoms with Crippen molar-refractivity contribution in [1.29, 1.82) is 0 Å². The molecule has 0 radical (unpaired) electrons. The van der Waals surface area contributed by atoms with E-state index in [-0.39, 0.29) is 0 Å². The quantitative estimate of drug-likeness (QED) is 0.565. The third-order valence-corrected chi connectivity index (χ3v) is 2.84. The molecule has 0 heterocycles. The number of unbranched alkanes of at least 4 members (excludes halogenated alkanes) is 2. The molecule has 0 aliphatic rings. The minimum atomic E-state index is 0.630. The van der Waals surface area contributed by atoms with Crippen molar-refractivity contribution >= 4 is 0 Å². The van der Waals surface area contributed by atoms with Gasteiger partial charge in [-0.15, -0.1) is 0 Å². The molecule has 1 N–H and O–H groups in total. The van der Waals surface area contributed by atoms with Crippen LogP contribution in [0.25, 0.3) is 0 Å². The SMILES string of the molecule is CCCCCC(CNC(C)C)CC(C)C. The molecule has 0 spiro atoms. The maximum absolute atomic E-state index is 3.58. The lowest BCUT2D eigenvalue weighted by Crippen LogP contribution is -2.29. The molecule has 92 valence electrons. The normalized spacial score (nSPS) is 13.8. The van der Waals surface area contributed by atoms with E-state index in [2.05, 4.69) is 39.9 Å². The Labute approximate surface area is 97.0 Å². The highest BCUT2D eigenvalue weighted by molar-refractivity contribution is 4.66. The van der Waals surface area contributed by atoms with Gasteiger partial charge in [-0.05, 0) is 31.2 Å². The zero-order chi connectivity index (χ0) is 11.7. The Bertz CT molecular complexity index is 129. The minimum Gasteiger partial charge on any atom is -0.314 e. The van der Waals surface area contributed by atoms with Crippen LogP contribution in [0, 0.1) is 11.8 Å². The van der Waals surface area contributed by atoms with Gasteiger partial charge in [-0.3, -0.25) is 0 Å². The lowest BCUT2D eigenvalue weighted by atomic mass is 9.92. The van der Waals surface area contributed by atoms with E-state index < -0.39 is 0 Å². The van der Waals surface area contributed by atoms with Gasteiger partial charge in [-0.2, -0.15) is 0 Å². The average Bonchev–Trinajstić information content (AvgIpc) is 2.13. The maximum Gasteiger partial charge on any atom is 0.00104 e. The molecule has 0 saturated carbocycles. The van der Waals surface area contributed by atoms with Gasteiger partial charge in [0, 0.05) is 6.04 Å². The molecule has 0 amide bonds. The van der Waals surface area contributed by atoms with Crippen LogP contribution in [-0.2, 0) is 0 Å². The molecule has 0 fully saturated rings. The molecule has 1 nitrogen and oxygen atoms in total. The summed E-state index contributed by atoms with van der Waals surface area (Å²) in [5.41, 5.74) is 0. The van der Waals surface area contributed by atoms with Gasteiger partial charge in [0.1, 0.15) is 0 Å². The van der Waals surface area contributed by atoms with Gasteiger partial charge in [-0.25, -0.2) is 0 Å². The molecule has 1 unspecified atom stereocenters. The van der Waals surface area contributed by atoms with Crippen molar-refractivity contribution in [2.75, 3.05) is 6.54 Å². The molecule has 15 heavy (non-hydrogen) atoms. The summed E-state index contributed by atoms with van der Waals surface area (Å²) in [4.78, 5) is 0. The van der Waals surface area contributed by atoms with Gasteiger partial charge < -0.3 is 5.32 Å². The zero-order valence-corrected chi connectivity index (χ0v) is 11.5. The Kier molecular flexibility index (Phi) is 9.18. The van der Waals surface area contributed by atoms with Crippen molar-refractivity contribution < 1.29 is 0 Å². The minimum absolute atomic E-state index is 0.630. The molecular formula is C14H31N. The van der Waals surface area contributed by atoms with Crippen molar-refractivity contribution in [2.45, 2.75) is 72.8 Å². The molecule has 0 aromatic rings. The van der Waals surface area contributed by atoms with Gasteiger partial charge in [0.05, 0.1) is 0 Å². The highest BCUT2D eigenvalue weighted by atomic mass is 14.9. The first-order chi connectivity index (χ1) is 7.06. The topological polar surface area (TPSA) is 12.0 Å². The van der Waals surface area contributed by atoms with E-state index in [4.69, 9.17) is 0 Å². The van der Waals surface area contributed by atoms with Crippen LogP contribution in [0.3, 0.4) is 0 Å². The van der Waals surface area contributed by atoms with E-state index in [1.54, 1.807) is 0 Å². The van der Waals surface area contributed by atoms with Crippen molar-refractivity contribution in [2.24, 2.45) is 11.8 Å². The average molecular weight is 213 g/mol. The van der Waals surface area contributed by atoms with E-state index in [1.807, 2.05) is 0 Å². The largest absolute Gasteiger partial charge is 0.314 e. The Balaban J connectivity index is 3.73. The second-order valence-electron chi connectivity index (χ2n) is 5.55. The molecule has 0 aromatic heterocycles. The van der Waals surface area contributed by atoms with Gasteiger partial charge in [0.2, 0.25) is 0 Å². The Morgan fingerprint density at radius 2 is 1.67 bits per heavy atom. The third-order valence-electron chi connectivity index (χ3n) is 2.84. The van der Waals surface area contributed by atoms with Crippen molar-refractivity contribution in [1.82, 2.24) is 5.32 Å². The van der Waals surface area contributed by atoms with E-state index in [0.717, 1.165) is 11.8 Å². The lowest BCUT2D eigenvalue weighted by Gasteiger charge is -2.21. The Morgan fingerprint density at radius 1 is 1.00 bits per heavy atom. The van der Waals surface area contributed by atoms with Crippen LogP contribution in [0.2, 0.25) is 0 Å². The van der Waals surface area contributed by atoms with Crippen LogP contribution in [0.4, 0.5) is 0 Å². The molecule has 0 aliphatic carbocycles. The highest BCUT2D eigenvalue weighted by Gasteiger charge is 2.10. The predicted octanol–water partition coefficient (Wildman–Crippen LogP) is 4.23. The van der Waals surface area contributed by atoms with Crippen molar-refractivity contribution in [3.63, 3.8) is 0 Å². The fraction of sp³-hybridized carbons (Fsp3) is 1.00. The van der Waals surface area contributed by atoms with Crippen molar-refractivity contribution in [3.8, 4) is 0 Å². The fourth-order valence-electron chi connectivity index (χ4n) is 2.06. The smallest absolute Gasteiger partial charge is 0.00104 e. The number of hydrogen-bond donors (Lipinski definition) is 1. The Hall–Kier alpha value is -0.0400. The summed E-state index contributed by atoms with van der Waals surface area (Å²) in [6.45, 7) is 12.6. The van der Waals surface area contributed by atoms with Crippen LogP contribution < -0.4 is 5.32 Å². The van der Waals surface area contributed by atoms with Crippen LogP contribution in [0.1, 0.15) is 66.7 Å².